The molecule has 0 saturated carbocycles. The molecular weight excluding hydrogens is 266 g/mol. The van der Waals surface area contributed by atoms with Crippen molar-refractivity contribution in [2.75, 3.05) is 18.4 Å². The second-order valence-electron chi connectivity index (χ2n) is 5.73. The molecule has 3 atom stereocenters. The molecule has 0 unspecified atom stereocenters. The van der Waals surface area contributed by atoms with Crippen LogP contribution in [0.1, 0.15) is 26.3 Å². The molecule has 1 heterocycles. The number of ether oxygens (including phenoxy) is 1. The molecule has 1 aromatic rings. The van der Waals surface area contributed by atoms with Crippen molar-refractivity contribution in [2.45, 2.75) is 39.0 Å². The van der Waals surface area contributed by atoms with Gasteiger partial charge in [-0.05, 0) is 39.0 Å². The summed E-state index contributed by atoms with van der Waals surface area (Å²) < 4.78 is 5.71. The van der Waals surface area contributed by atoms with Crippen LogP contribution in [0.3, 0.4) is 0 Å². The van der Waals surface area contributed by atoms with Gasteiger partial charge in [0.2, 0.25) is 0 Å². The largest absolute Gasteiger partial charge is 0.364 e. The fourth-order valence-corrected chi connectivity index (χ4v) is 2.77. The summed E-state index contributed by atoms with van der Waals surface area (Å²) in [5.74, 6) is -0.0265. The maximum absolute atomic E-state index is 12.4. The van der Waals surface area contributed by atoms with Gasteiger partial charge >= 0.3 is 0 Å². The van der Waals surface area contributed by atoms with E-state index in [9.17, 15) is 4.79 Å². The molecule has 1 aliphatic heterocycles. The Hall–Kier alpha value is -1.90. The lowest BCUT2D eigenvalue weighted by molar-refractivity contribution is -0.928. The molecule has 0 aromatic heterocycles. The Bertz CT molecular complexity index is 543. The summed E-state index contributed by atoms with van der Waals surface area (Å²) in [5.41, 5.74) is 1.21. The van der Waals surface area contributed by atoms with Gasteiger partial charge in [0, 0.05) is 5.69 Å². The minimum absolute atomic E-state index is 0.0265. The van der Waals surface area contributed by atoms with E-state index >= 15 is 0 Å². The van der Waals surface area contributed by atoms with Gasteiger partial charge in [0.05, 0.1) is 11.6 Å². The lowest BCUT2D eigenvalue weighted by Gasteiger charge is -2.35. The van der Waals surface area contributed by atoms with Gasteiger partial charge in [0.25, 0.3) is 5.91 Å². The van der Waals surface area contributed by atoms with Crippen LogP contribution >= 0.6 is 0 Å². The Morgan fingerprint density at radius 2 is 2.10 bits per heavy atom. The topological polar surface area (TPSA) is 66.6 Å². The van der Waals surface area contributed by atoms with Crippen LogP contribution in [-0.2, 0) is 9.53 Å². The fourth-order valence-electron chi connectivity index (χ4n) is 2.77. The predicted octanol–water partition coefficient (Wildman–Crippen LogP) is 0.577. The van der Waals surface area contributed by atoms with E-state index in [2.05, 4.69) is 11.4 Å². The van der Waals surface area contributed by atoms with E-state index in [4.69, 9.17) is 10.00 Å². The van der Waals surface area contributed by atoms with Gasteiger partial charge in [-0.1, -0.05) is 6.07 Å². The summed E-state index contributed by atoms with van der Waals surface area (Å²) in [5, 5.41) is 11.8. The molecule has 0 aliphatic carbocycles. The maximum atomic E-state index is 12.4. The lowest BCUT2D eigenvalue weighted by atomic mass is 10.1. The molecule has 5 nitrogen and oxygen atoms in total. The van der Waals surface area contributed by atoms with Crippen LogP contribution in [0.25, 0.3) is 0 Å². The molecule has 2 N–H and O–H groups in total. The van der Waals surface area contributed by atoms with Gasteiger partial charge in [-0.2, -0.15) is 5.26 Å². The number of carbonyl (C=O) groups is 1. The molecule has 1 saturated heterocycles. The Morgan fingerprint density at radius 1 is 1.43 bits per heavy atom. The van der Waals surface area contributed by atoms with Gasteiger partial charge in [0.15, 0.2) is 6.04 Å². The normalized spacial score (nSPS) is 26.7. The number of amides is 1. The lowest BCUT2D eigenvalue weighted by Crippen LogP contribution is -3.19. The van der Waals surface area contributed by atoms with E-state index in [0.717, 1.165) is 13.1 Å². The highest BCUT2D eigenvalue weighted by molar-refractivity contribution is 5.93. The number of morpholine rings is 1. The Labute approximate surface area is 125 Å². The van der Waals surface area contributed by atoms with Crippen LogP contribution in [0.5, 0.6) is 0 Å². The maximum Gasteiger partial charge on any atom is 0.282 e. The zero-order valence-corrected chi connectivity index (χ0v) is 12.7. The average Bonchev–Trinajstić information content (AvgIpc) is 2.45. The van der Waals surface area contributed by atoms with Crippen molar-refractivity contribution in [1.82, 2.24) is 0 Å². The van der Waals surface area contributed by atoms with Crippen molar-refractivity contribution in [3.05, 3.63) is 29.8 Å². The molecule has 0 spiro atoms. The van der Waals surface area contributed by atoms with Crippen molar-refractivity contribution >= 4 is 11.6 Å². The average molecular weight is 288 g/mol. The smallest absolute Gasteiger partial charge is 0.282 e. The van der Waals surface area contributed by atoms with E-state index in [1.807, 2.05) is 20.8 Å². The molecule has 1 amide bonds. The third kappa shape index (κ3) is 4.03. The van der Waals surface area contributed by atoms with Gasteiger partial charge in [0.1, 0.15) is 25.3 Å². The summed E-state index contributed by atoms with van der Waals surface area (Å²) in [6.07, 6.45) is 0.335. The summed E-state index contributed by atoms with van der Waals surface area (Å²) in [7, 11) is 0. The van der Waals surface area contributed by atoms with Crippen LogP contribution in [0.4, 0.5) is 5.69 Å². The monoisotopic (exact) mass is 288 g/mol. The summed E-state index contributed by atoms with van der Waals surface area (Å²) in [6.45, 7) is 7.67. The molecule has 2 rings (SSSR count). The van der Waals surface area contributed by atoms with Crippen LogP contribution < -0.4 is 10.2 Å². The van der Waals surface area contributed by atoms with Crippen LogP contribution in [-0.4, -0.2) is 37.2 Å². The second-order valence-corrected chi connectivity index (χ2v) is 5.73. The molecule has 5 heteroatoms. The zero-order chi connectivity index (χ0) is 15.4. The molecule has 0 radical (unpaired) electrons. The number of nitrogens with zero attached hydrogens (tertiary/aromatic N) is 1. The SMILES string of the molecule is C[C@H]1C[NH+]([C@@H](C)C(=O)Nc2cccc(C#N)c2)C[C@H](C)O1. The molecule has 112 valence electrons. The van der Waals surface area contributed by atoms with Gasteiger partial charge in [-0.25, -0.2) is 0 Å². The van der Waals surface area contributed by atoms with Gasteiger partial charge in [-0.15, -0.1) is 0 Å². The highest BCUT2D eigenvalue weighted by Gasteiger charge is 2.32. The van der Waals surface area contributed by atoms with Crippen molar-refractivity contribution in [2.24, 2.45) is 0 Å². The van der Waals surface area contributed by atoms with Gasteiger partial charge in [-0.3, -0.25) is 4.79 Å². The molecule has 1 fully saturated rings. The van der Waals surface area contributed by atoms with Crippen molar-refractivity contribution in [3.63, 3.8) is 0 Å². The number of nitriles is 1. The van der Waals surface area contributed by atoms with E-state index in [0.29, 0.717) is 11.3 Å². The third-order valence-electron chi connectivity index (χ3n) is 3.83. The van der Waals surface area contributed by atoms with Crippen LogP contribution in [0.2, 0.25) is 0 Å². The zero-order valence-electron chi connectivity index (χ0n) is 12.7. The molecule has 0 bridgehead atoms. The van der Waals surface area contributed by atoms with Gasteiger partial charge < -0.3 is 15.0 Å². The van der Waals surface area contributed by atoms with E-state index in [-0.39, 0.29) is 24.2 Å². The summed E-state index contributed by atoms with van der Waals surface area (Å²) in [6, 6.07) is 8.89. The number of hydrogen-bond acceptors (Lipinski definition) is 3. The van der Waals surface area contributed by atoms with Crippen molar-refractivity contribution < 1.29 is 14.4 Å². The first-order valence-electron chi connectivity index (χ1n) is 7.30. The molecule has 21 heavy (non-hydrogen) atoms. The molecular formula is C16H22N3O2+. The minimum Gasteiger partial charge on any atom is -0.364 e. The highest BCUT2D eigenvalue weighted by Crippen LogP contribution is 2.10. The predicted molar refractivity (Wildman–Crippen MR) is 80.0 cm³/mol. The Kier molecular flexibility index (Phi) is 4.94. The number of benzene rings is 1. The summed E-state index contributed by atoms with van der Waals surface area (Å²) in [4.78, 5) is 13.6. The highest BCUT2D eigenvalue weighted by atomic mass is 16.5. The number of nitrogens with one attached hydrogen (secondary N) is 2. The number of anilines is 1. The standard InChI is InChI=1S/C16H21N3O2/c1-11-9-19(10-12(2)21-11)13(3)16(20)18-15-6-4-5-14(7-15)8-17/h4-7,11-13H,9-10H2,1-3H3,(H,18,20)/p+1/t11-,12-,13-/m0/s1. The minimum atomic E-state index is -0.149. The van der Waals surface area contributed by atoms with Crippen LogP contribution in [0, 0.1) is 11.3 Å². The Balaban J connectivity index is 2.00. The first-order valence-corrected chi connectivity index (χ1v) is 7.30. The van der Waals surface area contributed by atoms with E-state index in [1.54, 1.807) is 24.3 Å². The molecule has 1 aromatic carbocycles. The fraction of sp³-hybridized carbons (Fsp3) is 0.500. The Morgan fingerprint density at radius 3 is 2.71 bits per heavy atom. The first kappa shape index (κ1) is 15.5. The van der Waals surface area contributed by atoms with E-state index < -0.39 is 0 Å². The second kappa shape index (κ2) is 6.70. The number of carbonyl (C=O) groups excluding carboxylic acids is 1. The quantitative estimate of drug-likeness (QED) is 0.855. The number of rotatable bonds is 3. The van der Waals surface area contributed by atoms with Crippen molar-refractivity contribution in [3.8, 4) is 6.07 Å². The third-order valence-corrected chi connectivity index (χ3v) is 3.83. The van der Waals surface area contributed by atoms with E-state index in [1.165, 1.54) is 4.90 Å². The number of hydrogen-bond donors (Lipinski definition) is 2. The first-order chi connectivity index (χ1) is 9.99. The van der Waals surface area contributed by atoms with Crippen molar-refractivity contribution in [1.29, 1.82) is 5.26 Å². The summed E-state index contributed by atoms with van der Waals surface area (Å²) >= 11 is 0. The number of quaternary nitrogens is 1. The molecule has 1 aliphatic rings. The van der Waals surface area contributed by atoms with Crippen LogP contribution in [0.15, 0.2) is 24.3 Å².